The Bertz CT molecular complexity index is 2120. The zero-order chi connectivity index (χ0) is 39.0. The highest BCUT2D eigenvalue weighted by Gasteiger charge is 2.71. The number of aromatic nitrogens is 1. The molecule has 2 aliphatic heterocycles. The maximum absolute atomic E-state index is 15.4. The molecule has 5 aliphatic rings. The van der Waals surface area contributed by atoms with Gasteiger partial charge in [0.15, 0.2) is 17.3 Å². The van der Waals surface area contributed by atoms with E-state index in [1.165, 1.54) is 4.90 Å². The number of halogens is 5. The molecule has 0 spiro atoms. The summed E-state index contributed by atoms with van der Waals surface area (Å²) in [5, 5.41) is 12.5. The largest absolute Gasteiger partial charge is 0.504 e. The van der Waals surface area contributed by atoms with Gasteiger partial charge in [-0.3, -0.25) is 29.5 Å². The van der Waals surface area contributed by atoms with E-state index < -0.39 is 63.6 Å². The van der Waals surface area contributed by atoms with E-state index in [1.807, 2.05) is 6.08 Å². The van der Waals surface area contributed by atoms with E-state index in [1.54, 1.807) is 49.4 Å². The molecule has 10 nitrogen and oxygen atoms in total. The number of hydrogen-bond acceptors (Lipinski definition) is 8. The molecular weight excluding hydrogens is 760 g/mol. The SMILES string of the molecule is CCOc1cccc(C2C3=CCC4C(=O)N(C5CCCCC5)C(=O)C4C3CC3C(=O)N(Nc4ncc(C(F)(F)F)cc4Cl)C(=O)C32c2ccc(Cl)cc2)c1O. The number of imide groups is 2. The molecular formula is C40H37Cl2F3N4O6. The second kappa shape index (κ2) is 13.8. The summed E-state index contributed by atoms with van der Waals surface area (Å²) in [4.78, 5) is 64.1. The van der Waals surface area contributed by atoms with E-state index >= 15 is 4.79 Å². The van der Waals surface area contributed by atoms with E-state index in [0.29, 0.717) is 28.4 Å². The number of rotatable bonds is 7. The van der Waals surface area contributed by atoms with Gasteiger partial charge in [0, 0.05) is 28.7 Å². The van der Waals surface area contributed by atoms with Gasteiger partial charge in [-0.2, -0.15) is 18.2 Å². The number of nitrogens with one attached hydrogen (secondary N) is 1. The number of benzene rings is 2. The molecule has 8 rings (SSSR count). The summed E-state index contributed by atoms with van der Waals surface area (Å²) in [6, 6.07) is 11.7. The zero-order valence-electron chi connectivity index (χ0n) is 29.6. The van der Waals surface area contributed by atoms with Crippen LogP contribution in [0.25, 0.3) is 0 Å². The van der Waals surface area contributed by atoms with Crippen molar-refractivity contribution in [1.82, 2.24) is 14.9 Å². The smallest absolute Gasteiger partial charge is 0.417 e. The molecule has 2 saturated carbocycles. The number of pyridine rings is 1. The third-order valence-corrected chi connectivity index (χ3v) is 12.7. The number of aromatic hydroxyl groups is 1. The molecule has 6 unspecified atom stereocenters. The fourth-order valence-electron chi connectivity index (χ4n) is 9.89. The maximum Gasteiger partial charge on any atom is 0.417 e. The highest BCUT2D eigenvalue weighted by Crippen LogP contribution is 2.65. The summed E-state index contributed by atoms with van der Waals surface area (Å²) in [6.45, 7) is 1.97. The number of amides is 4. The van der Waals surface area contributed by atoms with Crippen LogP contribution in [0.5, 0.6) is 11.5 Å². The second-order valence-electron chi connectivity index (χ2n) is 14.9. The number of fused-ring (bicyclic) bond motifs is 4. The van der Waals surface area contributed by atoms with Crippen molar-refractivity contribution >= 4 is 52.6 Å². The first-order valence-corrected chi connectivity index (χ1v) is 19.2. The van der Waals surface area contributed by atoms with Gasteiger partial charge in [0.05, 0.1) is 40.4 Å². The Labute approximate surface area is 324 Å². The Morgan fingerprint density at radius 1 is 0.982 bits per heavy atom. The molecule has 3 aromatic rings. The summed E-state index contributed by atoms with van der Waals surface area (Å²) >= 11 is 12.6. The van der Waals surface area contributed by atoms with Crippen molar-refractivity contribution in [2.24, 2.45) is 23.7 Å². The number of phenolic OH excluding ortho intramolecular Hbond substituents is 1. The number of phenols is 1. The Hall–Kier alpha value is -4.62. The number of para-hydroxylation sites is 1. The number of hydrogen-bond donors (Lipinski definition) is 2. The summed E-state index contributed by atoms with van der Waals surface area (Å²) in [5.41, 5.74) is 0.965. The predicted octanol–water partition coefficient (Wildman–Crippen LogP) is 7.83. The summed E-state index contributed by atoms with van der Waals surface area (Å²) < 4.78 is 46.3. The molecule has 0 bridgehead atoms. The lowest BCUT2D eigenvalue weighted by molar-refractivity contribution is -0.144. The van der Waals surface area contributed by atoms with Crippen LogP contribution in [-0.4, -0.2) is 56.3 Å². The average molecular weight is 798 g/mol. The maximum atomic E-state index is 15.4. The molecule has 55 heavy (non-hydrogen) atoms. The predicted molar refractivity (Wildman–Crippen MR) is 195 cm³/mol. The van der Waals surface area contributed by atoms with Crippen molar-refractivity contribution in [3.8, 4) is 11.5 Å². The number of alkyl halides is 3. The minimum Gasteiger partial charge on any atom is -0.504 e. The summed E-state index contributed by atoms with van der Waals surface area (Å²) in [7, 11) is 0. The molecule has 6 atom stereocenters. The van der Waals surface area contributed by atoms with E-state index in [0.717, 1.165) is 37.1 Å². The first kappa shape index (κ1) is 37.3. The van der Waals surface area contributed by atoms with Crippen LogP contribution in [-0.2, 0) is 30.8 Å². The van der Waals surface area contributed by atoms with Gasteiger partial charge in [0.2, 0.25) is 11.8 Å². The number of allylic oxidation sites excluding steroid dienone is 2. The number of hydrazine groups is 1. The fourth-order valence-corrected chi connectivity index (χ4v) is 10.2. The standard InChI is InChI=1S/C40H37Cl2F3N4O6/c1-2-55-30-10-6-9-26(33(30)50)32-24-15-16-25-31(37(53)48(35(25)51)23-7-4-3-5-8-23)27(24)18-28-36(52)49(38(54)39(28,32)20-11-13-22(41)14-12-20)47-34-29(42)17-21(19-46-34)40(43,44)45/h6,9-15,17,19,23,25,27-28,31-32,50H,2-5,7-8,16,18H2,1H3,(H,46,47). The van der Waals surface area contributed by atoms with Crippen LogP contribution < -0.4 is 10.2 Å². The van der Waals surface area contributed by atoms with Gasteiger partial charge in [-0.25, -0.2) is 4.98 Å². The van der Waals surface area contributed by atoms with Crippen molar-refractivity contribution in [1.29, 1.82) is 0 Å². The molecule has 2 N–H and O–H groups in total. The van der Waals surface area contributed by atoms with Gasteiger partial charge in [-0.1, -0.05) is 78.4 Å². The minimum absolute atomic E-state index is 0.0213. The van der Waals surface area contributed by atoms with Crippen LogP contribution in [0.3, 0.4) is 0 Å². The lowest BCUT2D eigenvalue weighted by Crippen LogP contribution is -2.53. The Morgan fingerprint density at radius 2 is 1.71 bits per heavy atom. The summed E-state index contributed by atoms with van der Waals surface area (Å²) in [6.07, 6.45) is 2.16. The average Bonchev–Trinajstić information content (AvgIpc) is 3.54. The van der Waals surface area contributed by atoms with Crippen molar-refractivity contribution in [2.45, 2.75) is 75.4 Å². The lowest BCUT2D eigenvalue weighted by Gasteiger charge is -2.50. The van der Waals surface area contributed by atoms with Gasteiger partial charge in [0.25, 0.3) is 11.8 Å². The van der Waals surface area contributed by atoms with Gasteiger partial charge in [-0.15, -0.1) is 0 Å². The molecule has 4 fully saturated rings. The number of carbonyl (C=O) groups is 4. The van der Waals surface area contributed by atoms with Crippen molar-refractivity contribution < 1.29 is 42.2 Å². The van der Waals surface area contributed by atoms with Gasteiger partial charge >= 0.3 is 6.18 Å². The summed E-state index contributed by atoms with van der Waals surface area (Å²) in [5.74, 6) is -6.98. The normalized spacial score (nSPS) is 28.2. The number of likely N-dealkylation sites (tertiary alicyclic amines) is 1. The molecule has 3 aliphatic carbocycles. The lowest BCUT2D eigenvalue weighted by atomic mass is 9.49. The van der Waals surface area contributed by atoms with E-state index in [4.69, 9.17) is 27.9 Å². The molecule has 288 valence electrons. The van der Waals surface area contributed by atoms with E-state index in [2.05, 4.69) is 10.4 Å². The van der Waals surface area contributed by atoms with Crippen LogP contribution in [0.1, 0.15) is 74.5 Å². The Kier molecular flexibility index (Phi) is 9.39. The minimum atomic E-state index is -4.75. The molecule has 1 aromatic heterocycles. The molecule has 2 saturated heterocycles. The first-order valence-electron chi connectivity index (χ1n) is 18.4. The fraction of sp³-hybridized carbons (Fsp3) is 0.425. The number of carbonyl (C=O) groups excluding carboxylic acids is 4. The number of anilines is 1. The van der Waals surface area contributed by atoms with Gasteiger partial charge in [-0.05, 0) is 68.4 Å². The second-order valence-corrected chi connectivity index (χ2v) is 15.7. The molecule has 2 aromatic carbocycles. The third-order valence-electron chi connectivity index (χ3n) is 12.2. The first-order chi connectivity index (χ1) is 26.3. The van der Waals surface area contributed by atoms with Crippen LogP contribution >= 0.6 is 23.2 Å². The molecule has 0 radical (unpaired) electrons. The quantitative estimate of drug-likeness (QED) is 0.183. The van der Waals surface area contributed by atoms with Crippen molar-refractivity contribution in [2.75, 3.05) is 12.0 Å². The van der Waals surface area contributed by atoms with Crippen LogP contribution in [0.15, 0.2) is 66.4 Å². The highest BCUT2D eigenvalue weighted by atomic mass is 35.5. The van der Waals surface area contributed by atoms with Gasteiger partial charge in [0.1, 0.15) is 0 Å². The van der Waals surface area contributed by atoms with Crippen molar-refractivity contribution in [3.05, 3.63) is 93.1 Å². The highest BCUT2D eigenvalue weighted by molar-refractivity contribution is 6.33. The molecule has 3 heterocycles. The Balaban J connectivity index is 1.32. The molecule has 15 heteroatoms. The van der Waals surface area contributed by atoms with Crippen LogP contribution in [0.4, 0.5) is 19.0 Å². The van der Waals surface area contributed by atoms with Crippen LogP contribution in [0, 0.1) is 23.7 Å². The number of nitrogens with zero attached hydrogens (tertiary/aromatic N) is 3. The van der Waals surface area contributed by atoms with Crippen molar-refractivity contribution in [3.63, 3.8) is 0 Å². The molecule has 4 amide bonds. The number of ether oxygens (including phenoxy) is 1. The van der Waals surface area contributed by atoms with Gasteiger partial charge < -0.3 is 9.84 Å². The van der Waals surface area contributed by atoms with E-state index in [9.17, 15) is 32.7 Å². The van der Waals surface area contributed by atoms with E-state index in [-0.39, 0.29) is 60.2 Å². The zero-order valence-corrected chi connectivity index (χ0v) is 31.1. The Morgan fingerprint density at radius 3 is 2.38 bits per heavy atom. The third kappa shape index (κ3) is 5.79. The topological polar surface area (TPSA) is 129 Å². The monoisotopic (exact) mass is 796 g/mol. The van der Waals surface area contributed by atoms with Crippen LogP contribution in [0.2, 0.25) is 10.0 Å².